The van der Waals surface area contributed by atoms with Gasteiger partial charge in [0.25, 0.3) is 0 Å². The average Bonchev–Trinajstić information content (AvgIpc) is 2.43. The van der Waals surface area contributed by atoms with Crippen LogP contribution < -0.4 is 5.32 Å². The second-order valence-electron chi connectivity index (χ2n) is 4.42. The third-order valence-corrected chi connectivity index (χ3v) is 4.11. The van der Waals surface area contributed by atoms with Gasteiger partial charge in [-0.25, -0.2) is 4.39 Å². The zero-order valence-electron chi connectivity index (χ0n) is 10.3. The van der Waals surface area contributed by atoms with Crippen molar-refractivity contribution in [1.29, 1.82) is 5.26 Å². The first kappa shape index (κ1) is 14.5. The quantitative estimate of drug-likeness (QED) is 0.872. The summed E-state index contributed by atoms with van der Waals surface area (Å²) in [6, 6.07) is 4.49. The third-order valence-electron chi connectivity index (χ3n) is 3.29. The van der Waals surface area contributed by atoms with E-state index in [1.165, 1.54) is 12.1 Å². The molecule has 19 heavy (non-hydrogen) atoms. The van der Waals surface area contributed by atoms with Gasteiger partial charge in [-0.3, -0.25) is 4.90 Å². The van der Waals surface area contributed by atoms with Gasteiger partial charge in [-0.15, -0.1) is 0 Å². The standard InChI is InChI=1S/C13H14Cl2FN3/c14-9-1-2-10(16)12(13(9)15)11(3-4-17)19-7-5-18-6-8-19/h1-2,11,18H,3,5-8H2/t11-/m0/s1. The van der Waals surface area contributed by atoms with E-state index in [2.05, 4.69) is 16.3 Å². The molecule has 0 unspecified atom stereocenters. The molecule has 1 heterocycles. The second-order valence-corrected chi connectivity index (χ2v) is 5.21. The lowest BCUT2D eigenvalue weighted by Gasteiger charge is -2.34. The maximum atomic E-state index is 14.1. The summed E-state index contributed by atoms with van der Waals surface area (Å²) in [5.41, 5.74) is 0.331. The number of rotatable bonds is 3. The van der Waals surface area contributed by atoms with Crippen LogP contribution in [0.5, 0.6) is 0 Å². The van der Waals surface area contributed by atoms with E-state index in [-0.39, 0.29) is 17.5 Å². The summed E-state index contributed by atoms with van der Waals surface area (Å²) in [5, 5.41) is 12.7. The number of nitrogens with zero attached hydrogens (tertiary/aromatic N) is 2. The van der Waals surface area contributed by atoms with E-state index in [1.807, 2.05) is 0 Å². The van der Waals surface area contributed by atoms with Gasteiger partial charge in [0, 0.05) is 31.7 Å². The van der Waals surface area contributed by atoms with Crippen molar-refractivity contribution in [2.24, 2.45) is 0 Å². The number of benzene rings is 1. The highest BCUT2D eigenvalue weighted by Gasteiger charge is 2.27. The second kappa shape index (κ2) is 6.53. The minimum absolute atomic E-state index is 0.191. The molecule has 0 aromatic heterocycles. The van der Waals surface area contributed by atoms with E-state index in [0.717, 1.165) is 26.2 Å². The number of hydrogen-bond donors (Lipinski definition) is 1. The largest absolute Gasteiger partial charge is 0.314 e. The van der Waals surface area contributed by atoms with Gasteiger partial charge in [0.1, 0.15) is 5.82 Å². The van der Waals surface area contributed by atoms with Crippen molar-refractivity contribution in [1.82, 2.24) is 10.2 Å². The van der Waals surface area contributed by atoms with Crippen LogP contribution in [-0.2, 0) is 0 Å². The van der Waals surface area contributed by atoms with Crippen LogP contribution in [-0.4, -0.2) is 31.1 Å². The molecule has 0 aliphatic carbocycles. The van der Waals surface area contributed by atoms with Crippen molar-refractivity contribution in [2.45, 2.75) is 12.5 Å². The molecule has 1 N–H and O–H groups in total. The first-order valence-corrected chi connectivity index (χ1v) is 6.86. The Bertz CT molecular complexity index is 495. The molecule has 102 valence electrons. The summed E-state index contributed by atoms with van der Waals surface area (Å²) in [6.07, 6.45) is 0.191. The normalized spacial score (nSPS) is 18.0. The van der Waals surface area contributed by atoms with Gasteiger partial charge < -0.3 is 5.32 Å². The highest BCUT2D eigenvalue weighted by Crippen LogP contribution is 2.36. The van der Waals surface area contributed by atoms with Gasteiger partial charge in [-0.05, 0) is 12.1 Å². The van der Waals surface area contributed by atoms with Crippen LogP contribution >= 0.6 is 23.2 Å². The maximum Gasteiger partial charge on any atom is 0.129 e. The lowest BCUT2D eigenvalue weighted by Crippen LogP contribution is -2.45. The molecule has 2 rings (SSSR count). The Balaban J connectivity index is 2.38. The van der Waals surface area contributed by atoms with Gasteiger partial charge >= 0.3 is 0 Å². The molecule has 1 aromatic carbocycles. The summed E-state index contributed by atoms with van der Waals surface area (Å²) in [6.45, 7) is 3.16. The van der Waals surface area contributed by atoms with E-state index < -0.39 is 5.82 Å². The van der Waals surface area contributed by atoms with Crippen molar-refractivity contribution in [2.75, 3.05) is 26.2 Å². The summed E-state index contributed by atoms with van der Waals surface area (Å²) in [5.74, 6) is -0.409. The molecule has 0 radical (unpaired) electrons. The lowest BCUT2D eigenvalue weighted by molar-refractivity contribution is 0.172. The number of piperazine rings is 1. The Kier molecular flexibility index (Phi) is 5.00. The van der Waals surface area contributed by atoms with E-state index in [9.17, 15) is 4.39 Å². The summed E-state index contributed by atoms with van der Waals surface area (Å²) < 4.78 is 14.1. The van der Waals surface area contributed by atoms with Gasteiger partial charge in [-0.1, -0.05) is 23.2 Å². The fourth-order valence-corrected chi connectivity index (χ4v) is 2.79. The van der Waals surface area contributed by atoms with Crippen molar-refractivity contribution in [3.63, 3.8) is 0 Å². The highest BCUT2D eigenvalue weighted by atomic mass is 35.5. The molecule has 0 bridgehead atoms. The summed E-state index contributed by atoms with van der Waals surface area (Å²) in [4.78, 5) is 2.07. The van der Waals surface area contributed by atoms with Crippen molar-refractivity contribution in [3.05, 3.63) is 33.6 Å². The van der Waals surface area contributed by atoms with Gasteiger partial charge in [0.15, 0.2) is 0 Å². The van der Waals surface area contributed by atoms with Crippen LogP contribution in [0.4, 0.5) is 4.39 Å². The van der Waals surface area contributed by atoms with Crippen LogP contribution in [0.15, 0.2) is 12.1 Å². The molecule has 3 nitrogen and oxygen atoms in total. The van der Waals surface area contributed by atoms with Crippen molar-refractivity contribution >= 4 is 23.2 Å². The van der Waals surface area contributed by atoms with E-state index >= 15 is 0 Å². The molecule has 0 saturated carbocycles. The maximum absolute atomic E-state index is 14.1. The van der Waals surface area contributed by atoms with Crippen molar-refractivity contribution in [3.8, 4) is 6.07 Å². The molecular formula is C13H14Cl2FN3. The first-order valence-electron chi connectivity index (χ1n) is 6.10. The first-order chi connectivity index (χ1) is 9.15. The molecular weight excluding hydrogens is 288 g/mol. The monoisotopic (exact) mass is 301 g/mol. The Labute approximate surface area is 121 Å². The molecule has 1 aliphatic heterocycles. The van der Waals surface area contributed by atoms with E-state index in [4.69, 9.17) is 28.5 Å². The fourth-order valence-electron chi connectivity index (χ4n) is 2.34. The minimum atomic E-state index is -0.409. The van der Waals surface area contributed by atoms with Gasteiger partial charge in [0.05, 0.1) is 28.6 Å². The molecule has 0 amide bonds. The van der Waals surface area contributed by atoms with Gasteiger partial charge in [0.2, 0.25) is 0 Å². The van der Waals surface area contributed by atoms with E-state index in [0.29, 0.717) is 10.6 Å². The molecule has 1 fully saturated rings. The number of hydrogen-bond acceptors (Lipinski definition) is 3. The Morgan fingerprint density at radius 1 is 1.37 bits per heavy atom. The smallest absolute Gasteiger partial charge is 0.129 e. The van der Waals surface area contributed by atoms with Crippen LogP contribution in [0.2, 0.25) is 10.0 Å². The summed E-state index contributed by atoms with van der Waals surface area (Å²) in [7, 11) is 0. The Hall–Kier alpha value is -0.860. The third kappa shape index (κ3) is 3.18. The number of halogens is 3. The molecule has 1 saturated heterocycles. The highest BCUT2D eigenvalue weighted by molar-refractivity contribution is 6.42. The molecule has 1 atom stereocenters. The van der Waals surface area contributed by atoms with Crippen LogP contribution in [0.3, 0.4) is 0 Å². The zero-order chi connectivity index (χ0) is 13.8. The topological polar surface area (TPSA) is 39.1 Å². The molecule has 0 spiro atoms. The summed E-state index contributed by atoms with van der Waals surface area (Å²) >= 11 is 12.1. The SMILES string of the molecule is N#CC[C@@H](c1c(F)ccc(Cl)c1Cl)N1CCNCC1. The lowest BCUT2D eigenvalue weighted by atomic mass is 10.0. The number of nitriles is 1. The Morgan fingerprint density at radius 2 is 2.05 bits per heavy atom. The fraction of sp³-hybridized carbons (Fsp3) is 0.462. The predicted octanol–water partition coefficient (Wildman–Crippen LogP) is 2.99. The molecule has 6 heteroatoms. The van der Waals surface area contributed by atoms with Crippen molar-refractivity contribution < 1.29 is 4.39 Å². The van der Waals surface area contributed by atoms with Crippen LogP contribution in [0.1, 0.15) is 18.0 Å². The Morgan fingerprint density at radius 3 is 2.68 bits per heavy atom. The van der Waals surface area contributed by atoms with Crippen LogP contribution in [0.25, 0.3) is 0 Å². The zero-order valence-corrected chi connectivity index (χ0v) is 11.8. The minimum Gasteiger partial charge on any atom is -0.314 e. The average molecular weight is 302 g/mol. The molecule has 1 aliphatic rings. The van der Waals surface area contributed by atoms with Crippen LogP contribution in [0, 0.1) is 17.1 Å². The number of nitrogens with one attached hydrogen (secondary N) is 1. The molecule has 1 aromatic rings. The van der Waals surface area contributed by atoms with Gasteiger partial charge in [-0.2, -0.15) is 5.26 Å². The predicted molar refractivity (Wildman–Crippen MR) is 73.8 cm³/mol. The van der Waals surface area contributed by atoms with E-state index in [1.54, 1.807) is 0 Å².